The second-order valence-corrected chi connectivity index (χ2v) is 9.30. The van der Waals surface area contributed by atoms with Gasteiger partial charge in [0, 0.05) is 31.1 Å². The van der Waals surface area contributed by atoms with Crippen molar-refractivity contribution < 1.29 is 14.1 Å². The molecule has 164 valence electrons. The number of morpholine rings is 1. The zero-order chi connectivity index (χ0) is 21.7. The number of carbonyl (C=O) groups excluding carboxylic acids is 1. The highest BCUT2D eigenvalue weighted by molar-refractivity contribution is 5.78. The summed E-state index contributed by atoms with van der Waals surface area (Å²) in [6.45, 7) is 13.9. The number of amides is 1. The molecule has 1 saturated heterocycles. The predicted octanol–water partition coefficient (Wildman–Crippen LogP) is 4.74. The molecule has 2 heterocycles. The Morgan fingerprint density at radius 3 is 2.47 bits per heavy atom. The lowest BCUT2D eigenvalue weighted by Crippen LogP contribution is -2.40. The summed E-state index contributed by atoms with van der Waals surface area (Å²) in [5.41, 5.74) is 2.73. The van der Waals surface area contributed by atoms with Gasteiger partial charge in [-0.2, -0.15) is 0 Å². The Labute approximate surface area is 180 Å². The van der Waals surface area contributed by atoms with Crippen LogP contribution in [0.3, 0.4) is 0 Å². The molecule has 0 unspecified atom stereocenters. The normalized spacial score (nSPS) is 15.8. The summed E-state index contributed by atoms with van der Waals surface area (Å²) in [5.74, 6) is 0.930. The molecule has 30 heavy (non-hydrogen) atoms. The summed E-state index contributed by atoms with van der Waals surface area (Å²) < 4.78 is 11.4. The number of ether oxygens (including phenoxy) is 1. The summed E-state index contributed by atoms with van der Waals surface area (Å²) in [5, 5.41) is 4.44. The molecule has 6 heteroatoms. The predicted molar refractivity (Wildman–Crippen MR) is 119 cm³/mol. The molecule has 2 aromatic rings. The second-order valence-electron chi connectivity index (χ2n) is 9.30. The average molecular weight is 414 g/mol. The highest BCUT2D eigenvalue weighted by Crippen LogP contribution is 2.34. The molecular weight excluding hydrogens is 378 g/mol. The third kappa shape index (κ3) is 5.42. The fourth-order valence-electron chi connectivity index (χ4n) is 3.72. The van der Waals surface area contributed by atoms with Crippen LogP contribution in [-0.4, -0.2) is 48.3 Å². The first-order valence-corrected chi connectivity index (χ1v) is 11.0. The maximum atomic E-state index is 13.3. The largest absolute Gasteiger partial charge is 0.378 e. The SMILES string of the molecule is CC[C@@H](C)N(Cc1c(-c2ccccc2)noc1N1CCOCC1)C(=O)CC(C)(C)C. The maximum absolute atomic E-state index is 13.3. The third-order valence-corrected chi connectivity index (χ3v) is 5.57. The number of aromatic nitrogens is 1. The molecule has 1 aliphatic rings. The van der Waals surface area contributed by atoms with Crippen LogP contribution in [0.5, 0.6) is 0 Å². The first-order chi connectivity index (χ1) is 14.3. The number of benzene rings is 1. The van der Waals surface area contributed by atoms with Crippen molar-refractivity contribution in [1.29, 1.82) is 0 Å². The van der Waals surface area contributed by atoms with Crippen molar-refractivity contribution in [2.75, 3.05) is 31.2 Å². The van der Waals surface area contributed by atoms with E-state index in [0.717, 1.165) is 42.2 Å². The van der Waals surface area contributed by atoms with E-state index in [-0.39, 0.29) is 17.4 Å². The maximum Gasteiger partial charge on any atom is 0.233 e. The van der Waals surface area contributed by atoms with Crippen LogP contribution in [0.15, 0.2) is 34.9 Å². The molecule has 0 aliphatic carbocycles. The van der Waals surface area contributed by atoms with Crippen LogP contribution in [0.2, 0.25) is 0 Å². The molecule has 0 spiro atoms. The van der Waals surface area contributed by atoms with Crippen LogP contribution in [-0.2, 0) is 16.1 Å². The number of rotatable bonds is 7. The molecule has 1 aromatic heterocycles. The molecular formula is C24H35N3O3. The number of hydrogen-bond acceptors (Lipinski definition) is 5. The lowest BCUT2D eigenvalue weighted by atomic mass is 9.91. The fraction of sp³-hybridized carbons (Fsp3) is 0.583. The summed E-state index contributed by atoms with van der Waals surface area (Å²) in [6.07, 6.45) is 1.41. The first kappa shape index (κ1) is 22.3. The van der Waals surface area contributed by atoms with Crippen LogP contribution in [0.4, 0.5) is 5.88 Å². The number of hydrogen-bond donors (Lipinski definition) is 0. The van der Waals surface area contributed by atoms with Gasteiger partial charge < -0.3 is 19.1 Å². The van der Waals surface area contributed by atoms with Gasteiger partial charge in [-0.25, -0.2) is 0 Å². The number of carbonyl (C=O) groups is 1. The number of anilines is 1. The summed E-state index contributed by atoms with van der Waals surface area (Å²) >= 11 is 0. The van der Waals surface area contributed by atoms with Gasteiger partial charge in [0.1, 0.15) is 5.69 Å². The van der Waals surface area contributed by atoms with Gasteiger partial charge in [-0.05, 0) is 18.8 Å². The Morgan fingerprint density at radius 2 is 1.87 bits per heavy atom. The molecule has 1 amide bonds. The lowest BCUT2D eigenvalue weighted by molar-refractivity contribution is -0.135. The van der Waals surface area contributed by atoms with E-state index in [1.54, 1.807) is 0 Å². The molecule has 0 saturated carbocycles. The van der Waals surface area contributed by atoms with Crippen molar-refractivity contribution in [3.8, 4) is 11.3 Å². The van der Waals surface area contributed by atoms with Gasteiger partial charge in [-0.3, -0.25) is 4.79 Å². The molecule has 1 atom stereocenters. The number of nitrogens with zero attached hydrogens (tertiary/aromatic N) is 3. The van der Waals surface area contributed by atoms with Crippen molar-refractivity contribution in [3.63, 3.8) is 0 Å². The van der Waals surface area contributed by atoms with E-state index in [1.807, 2.05) is 35.2 Å². The minimum Gasteiger partial charge on any atom is -0.378 e. The quantitative estimate of drug-likeness (QED) is 0.656. The zero-order valence-electron chi connectivity index (χ0n) is 19.0. The molecule has 1 aromatic carbocycles. The van der Waals surface area contributed by atoms with E-state index in [9.17, 15) is 4.79 Å². The smallest absolute Gasteiger partial charge is 0.233 e. The highest BCUT2D eigenvalue weighted by atomic mass is 16.5. The molecule has 6 nitrogen and oxygen atoms in total. The van der Waals surface area contributed by atoms with Crippen molar-refractivity contribution in [2.45, 2.75) is 60.0 Å². The summed E-state index contributed by atoms with van der Waals surface area (Å²) in [4.78, 5) is 17.4. The van der Waals surface area contributed by atoms with E-state index in [2.05, 4.69) is 44.7 Å². The molecule has 1 aliphatic heterocycles. The van der Waals surface area contributed by atoms with Gasteiger partial charge in [0.15, 0.2) is 0 Å². The second kappa shape index (κ2) is 9.65. The van der Waals surface area contributed by atoms with Crippen LogP contribution in [0, 0.1) is 5.41 Å². The van der Waals surface area contributed by atoms with Gasteiger partial charge in [0.05, 0.1) is 25.3 Å². The fourth-order valence-corrected chi connectivity index (χ4v) is 3.72. The van der Waals surface area contributed by atoms with E-state index in [0.29, 0.717) is 26.2 Å². The van der Waals surface area contributed by atoms with Gasteiger partial charge >= 0.3 is 0 Å². The van der Waals surface area contributed by atoms with Gasteiger partial charge in [0.25, 0.3) is 0 Å². The van der Waals surface area contributed by atoms with E-state index < -0.39 is 0 Å². The molecule has 3 rings (SSSR count). The third-order valence-electron chi connectivity index (χ3n) is 5.57. The van der Waals surface area contributed by atoms with Gasteiger partial charge in [-0.15, -0.1) is 0 Å². The van der Waals surface area contributed by atoms with Gasteiger partial charge in [-0.1, -0.05) is 63.2 Å². The van der Waals surface area contributed by atoms with E-state index in [4.69, 9.17) is 9.26 Å². The van der Waals surface area contributed by atoms with Crippen molar-refractivity contribution >= 4 is 11.8 Å². The average Bonchev–Trinajstić information content (AvgIpc) is 3.15. The Balaban J connectivity index is 1.99. The summed E-state index contributed by atoms with van der Waals surface area (Å²) in [6, 6.07) is 10.2. The van der Waals surface area contributed by atoms with E-state index >= 15 is 0 Å². The molecule has 0 bridgehead atoms. The van der Waals surface area contributed by atoms with Gasteiger partial charge in [0.2, 0.25) is 11.8 Å². The Bertz CT molecular complexity index is 820. The van der Waals surface area contributed by atoms with Crippen molar-refractivity contribution in [3.05, 3.63) is 35.9 Å². The van der Waals surface area contributed by atoms with Crippen molar-refractivity contribution in [1.82, 2.24) is 10.1 Å². The molecule has 1 fully saturated rings. The Kier molecular flexibility index (Phi) is 7.19. The minimum atomic E-state index is -0.0628. The lowest BCUT2D eigenvalue weighted by Gasteiger charge is -2.32. The Morgan fingerprint density at radius 1 is 1.20 bits per heavy atom. The molecule has 0 N–H and O–H groups in total. The standard InChI is InChI=1S/C24H35N3O3/c1-6-18(2)27(21(28)16-24(3,4)5)17-20-22(19-10-8-7-9-11-19)25-30-23(20)26-12-14-29-15-13-26/h7-11,18H,6,12-17H2,1-5H3/t18-/m1/s1. The highest BCUT2D eigenvalue weighted by Gasteiger charge is 2.30. The minimum absolute atomic E-state index is 0.0628. The van der Waals surface area contributed by atoms with Crippen LogP contribution in [0.25, 0.3) is 11.3 Å². The topological polar surface area (TPSA) is 58.8 Å². The van der Waals surface area contributed by atoms with Crippen LogP contribution in [0.1, 0.15) is 53.0 Å². The van der Waals surface area contributed by atoms with Crippen LogP contribution < -0.4 is 4.90 Å². The van der Waals surface area contributed by atoms with E-state index in [1.165, 1.54) is 0 Å². The Hall–Kier alpha value is -2.34. The monoisotopic (exact) mass is 413 g/mol. The molecule has 0 radical (unpaired) electrons. The van der Waals surface area contributed by atoms with Crippen molar-refractivity contribution in [2.24, 2.45) is 5.41 Å². The summed E-state index contributed by atoms with van der Waals surface area (Å²) in [7, 11) is 0. The van der Waals surface area contributed by atoms with Crippen LogP contribution >= 0.6 is 0 Å². The zero-order valence-corrected chi connectivity index (χ0v) is 19.0. The first-order valence-electron chi connectivity index (χ1n) is 11.0.